The van der Waals surface area contributed by atoms with Gasteiger partial charge in [-0.1, -0.05) is 18.2 Å². The number of ether oxygens (including phenoxy) is 1. The zero-order chi connectivity index (χ0) is 20.6. The first-order valence-corrected chi connectivity index (χ1v) is 12.7. The molecule has 0 bridgehead atoms. The van der Waals surface area contributed by atoms with Crippen molar-refractivity contribution in [1.29, 1.82) is 0 Å². The number of anilines is 2. The molecule has 1 saturated heterocycles. The fraction of sp³-hybridized carbons (Fsp3) is 0.400. The number of fused-ring (bicyclic) bond motifs is 1. The van der Waals surface area contributed by atoms with E-state index in [1.165, 1.54) is 27.9 Å². The van der Waals surface area contributed by atoms with Crippen LogP contribution in [0.2, 0.25) is 0 Å². The minimum Gasteiger partial charge on any atom is -0.495 e. The Bertz CT molecular complexity index is 1130. The standard InChI is InChI=1S/C20H24N2O5S2/c1-27-19-11-10-17(21-12-4-5-14-28(21,23)24)15-20(19)29(25,26)22-13-6-8-16-7-2-3-9-18(16)22/h2-3,7,9-11,15H,4-6,8,12-14H2,1H3. The Balaban J connectivity index is 1.82. The summed E-state index contributed by atoms with van der Waals surface area (Å²) in [6.07, 6.45) is 2.90. The molecule has 2 heterocycles. The number of rotatable bonds is 4. The molecule has 2 aliphatic heterocycles. The fourth-order valence-corrected chi connectivity index (χ4v) is 7.32. The van der Waals surface area contributed by atoms with Gasteiger partial charge in [0.15, 0.2) is 0 Å². The number of benzene rings is 2. The van der Waals surface area contributed by atoms with Crippen LogP contribution >= 0.6 is 0 Å². The molecule has 0 atom stereocenters. The van der Waals surface area contributed by atoms with Gasteiger partial charge in [-0.25, -0.2) is 16.8 Å². The average molecular weight is 437 g/mol. The van der Waals surface area contributed by atoms with E-state index in [1.54, 1.807) is 12.1 Å². The Morgan fingerprint density at radius 1 is 1.00 bits per heavy atom. The molecule has 2 aromatic carbocycles. The lowest BCUT2D eigenvalue weighted by molar-refractivity contribution is 0.402. The molecule has 0 spiro atoms. The third-order valence-corrected chi connectivity index (χ3v) is 9.12. The van der Waals surface area contributed by atoms with Crippen molar-refractivity contribution in [2.24, 2.45) is 0 Å². The smallest absolute Gasteiger partial charge is 0.268 e. The zero-order valence-corrected chi connectivity index (χ0v) is 17.9. The van der Waals surface area contributed by atoms with Crippen LogP contribution in [0.15, 0.2) is 47.4 Å². The van der Waals surface area contributed by atoms with Crippen molar-refractivity contribution in [2.45, 2.75) is 30.6 Å². The summed E-state index contributed by atoms with van der Waals surface area (Å²) in [4.78, 5) is -0.0185. The van der Waals surface area contributed by atoms with Crippen LogP contribution < -0.4 is 13.3 Å². The quantitative estimate of drug-likeness (QED) is 0.736. The molecule has 0 aliphatic carbocycles. The molecule has 2 aromatic rings. The number of methoxy groups -OCH3 is 1. The van der Waals surface area contributed by atoms with Crippen molar-refractivity contribution in [3.8, 4) is 5.75 Å². The van der Waals surface area contributed by atoms with Gasteiger partial charge in [-0.15, -0.1) is 0 Å². The van der Waals surface area contributed by atoms with E-state index in [1.807, 2.05) is 18.2 Å². The van der Waals surface area contributed by atoms with Crippen LogP contribution in [-0.4, -0.2) is 42.8 Å². The van der Waals surface area contributed by atoms with Crippen LogP contribution in [0.1, 0.15) is 24.8 Å². The van der Waals surface area contributed by atoms with Crippen LogP contribution in [0.25, 0.3) is 0 Å². The van der Waals surface area contributed by atoms with Crippen molar-refractivity contribution in [1.82, 2.24) is 0 Å². The van der Waals surface area contributed by atoms with Gasteiger partial charge in [0.1, 0.15) is 10.6 Å². The lowest BCUT2D eigenvalue weighted by atomic mass is 10.0. The third-order valence-electron chi connectivity index (χ3n) is 5.42. The molecule has 7 nitrogen and oxygen atoms in total. The Hall–Kier alpha value is -2.26. The second kappa shape index (κ2) is 7.53. The molecule has 156 valence electrons. The Labute approximate surface area is 172 Å². The summed E-state index contributed by atoms with van der Waals surface area (Å²) < 4.78 is 60.2. The molecule has 0 unspecified atom stereocenters. The molecule has 0 radical (unpaired) electrons. The van der Waals surface area contributed by atoms with E-state index >= 15 is 0 Å². The van der Waals surface area contributed by atoms with E-state index in [9.17, 15) is 16.8 Å². The predicted octanol–water partition coefficient (Wildman–Crippen LogP) is 2.77. The first kappa shape index (κ1) is 20.0. The van der Waals surface area contributed by atoms with E-state index in [-0.39, 0.29) is 16.4 Å². The number of aryl methyl sites for hydroxylation is 1. The van der Waals surface area contributed by atoms with Crippen LogP contribution in [0.4, 0.5) is 11.4 Å². The van der Waals surface area contributed by atoms with Crippen molar-refractivity contribution in [3.05, 3.63) is 48.0 Å². The highest BCUT2D eigenvalue weighted by atomic mass is 32.2. The Morgan fingerprint density at radius 3 is 2.55 bits per heavy atom. The van der Waals surface area contributed by atoms with E-state index in [0.717, 1.165) is 24.8 Å². The summed E-state index contributed by atoms with van der Waals surface area (Å²) >= 11 is 0. The van der Waals surface area contributed by atoms with Crippen molar-refractivity contribution < 1.29 is 21.6 Å². The average Bonchev–Trinajstić information content (AvgIpc) is 2.72. The highest BCUT2D eigenvalue weighted by Gasteiger charge is 2.33. The number of para-hydroxylation sites is 1. The maximum Gasteiger partial charge on any atom is 0.268 e. The van der Waals surface area contributed by atoms with E-state index < -0.39 is 20.0 Å². The monoisotopic (exact) mass is 436 g/mol. The van der Waals surface area contributed by atoms with E-state index in [0.29, 0.717) is 30.9 Å². The van der Waals surface area contributed by atoms with Crippen LogP contribution in [0.5, 0.6) is 5.75 Å². The minimum absolute atomic E-state index is 0.0185. The molecule has 0 aromatic heterocycles. The second-order valence-electron chi connectivity index (χ2n) is 7.24. The van der Waals surface area contributed by atoms with Gasteiger partial charge in [-0.3, -0.25) is 8.61 Å². The SMILES string of the molecule is COc1ccc(N2CCCCS2(=O)=O)cc1S(=O)(=O)N1CCCc2ccccc21. The molecule has 0 amide bonds. The Morgan fingerprint density at radius 2 is 1.79 bits per heavy atom. The lowest BCUT2D eigenvalue weighted by Gasteiger charge is -2.32. The van der Waals surface area contributed by atoms with E-state index in [2.05, 4.69) is 0 Å². The van der Waals surface area contributed by atoms with Gasteiger partial charge < -0.3 is 4.74 Å². The van der Waals surface area contributed by atoms with Crippen LogP contribution in [-0.2, 0) is 26.5 Å². The van der Waals surface area contributed by atoms with Gasteiger partial charge in [0.2, 0.25) is 10.0 Å². The summed E-state index contributed by atoms with van der Waals surface area (Å²) in [6, 6.07) is 12.0. The maximum atomic E-state index is 13.6. The van der Waals surface area contributed by atoms with Crippen LogP contribution in [0, 0.1) is 0 Å². The molecule has 29 heavy (non-hydrogen) atoms. The molecule has 9 heteroatoms. The topological polar surface area (TPSA) is 84.0 Å². The molecular weight excluding hydrogens is 412 g/mol. The summed E-state index contributed by atoms with van der Waals surface area (Å²) in [6.45, 7) is 0.718. The van der Waals surface area contributed by atoms with Crippen molar-refractivity contribution in [3.63, 3.8) is 0 Å². The molecule has 1 fully saturated rings. The number of hydrogen-bond acceptors (Lipinski definition) is 5. The van der Waals surface area contributed by atoms with Gasteiger partial charge in [-0.2, -0.15) is 0 Å². The zero-order valence-electron chi connectivity index (χ0n) is 16.2. The fourth-order valence-electron chi connectivity index (χ4n) is 3.97. The first-order chi connectivity index (χ1) is 13.8. The number of sulfonamides is 2. The Kier molecular flexibility index (Phi) is 5.20. The maximum absolute atomic E-state index is 13.6. The number of nitrogens with zero attached hydrogens (tertiary/aromatic N) is 2. The summed E-state index contributed by atoms with van der Waals surface area (Å²) in [5.74, 6) is 0.270. The molecule has 4 rings (SSSR count). The van der Waals surface area contributed by atoms with Gasteiger partial charge >= 0.3 is 0 Å². The minimum atomic E-state index is -3.93. The lowest BCUT2D eigenvalue weighted by Crippen LogP contribution is -2.38. The summed E-state index contributed by atoms with van der Waals surface area (Å²) in [7, 11) is -5.97. The van der Waals surface area contributed by atoms with E-state index in [4.69, 9.17) is 4.74 Å². The molecule has 0 saturated carbocycles. The predicted molar refractivity (Wildman–Crippen MR) is 113 cm³/mol. The third kappa shape index (κ3) is 3.57. The molecular formula is C20H24N2O5S2. The first-order valence-electron chi connectivity index (χ1n) is 9.64. The van der Waals surface area contributed by atoms with Gasteiger partial charge in [-0.05, 0) is 55.5 Å². The highest BCUT2D eigenvalue weighted by molar-refractivity contribution is 7.93. The van der Waals surface area contributed by atoms with Crippen LogP contribution in [0.3, 0.4) is 0 Å². The molecule has 0 N–H and O–H groups in total. The van der Waals surface area contributed by atoms with Gasteiger partial charge in [0, 0.05) is 13.1 Å². The largest absolute Gasteiger partial charge is 0.495 e. The normalized spacial score (nSPS) is 18.9. The van der Waals surface area contributed by atoms with Gasteiger partial charge in [0.05, 0.1) is 24.2 Å². The summed E-state index contributed by atoms with van der Waals surface area (Å²) in [5, 5.41) is 0. The number of hydrogen-bond donors (Lipinski definition) is 0. The van der Waals surface area contributed by atoms with Crippen molar-refractivity contribution in [2.75, 3.05) is 34.6 Å². The highest BCUT2D eigenvalue weighted by Crippen LogP contribution is 2.37. The second-order valence-corrected chi connectivity index (χ2v) is 11.1. The van der Waals surface area contributed by atoms with Crippen molar-refractivity contribution >= 4 is 31.4 Å². The summed E-state index contributed by atoms with van der Waals surface area (Å²) in [5.41, 5.74) is 2.00. The van der Waals surface area contributed by atoms with Gasteiger partial charge in [0.25, 0.3) is 10.0 Å². The molecule has 2 aliphatic rings.